The van der Waals surface area contributed by atoms with Crippen molar-refractivity contribution in [1.29, 1.82) is 0 Å². The molecule has 1 N–H and O–H groups in total. The number of benzene rings is 2. The highest BCUT2D eigenvalue weighted by molar-refractivity contribution is 6.38. The van der Waals surface area contributed by atoms with Crippen LogP contribution in [0, 0.1) is 0 Å². The number of nitrogens with zero attached hydrogens (tertiary/aromatic N) is 2. The molecule has 0 saturated carbocycles. The Hall–Kier alpha value is -3.32. The summed E-state index contributed by atoms with van der Waals surface area (Å²) in [4.78, 5) is 20.6. The number of hydrogen-bond donors (Lipinski definition) is 1. The van der Waals surface area contributed by atoms with E-state index < -0.39 is 5.54 Å². The Morgan fingerprint density at radius 3 is 2.48 bits per heavy atom. The Bertz CT molecular complexity index is 1070. The lowest BCUT2D eigenvalue weighted by molar-refractivity contribution is -0.119. The van der Waals surface area contributed by atoms with E-state index in [1.54, 1.807) is 21.3 Å². The Labute approximate surface area is 181 Å². The highest BCUT2D eigenvalue weighted by Crippen LogP contribution is 2.45. The van der Waals surface area contributed by atoms with E-state index in [2.05, 4.69) is 16.4 Å². The smallest absolute Gasteiger partial charge is 0.196 e. The van der Waals surface area contributed by atoms with Crippen LogP contribution >= 0.6 is 0 Å². The van der Waals surface area contributed by atoms with Gasteiger partial charge in [-0.15, -0.1) is 0 Å². The third kappa shape index (κ3) is 2.91. The van der Waals surface area contributed by atoms with E-state index in [0.717, 1.165) is 17.1 Å². The van der Waals surface area contributed by atoms with Crippen LogP contribution in [0.25, 0.3) is 0 Å². The molecule has 2 saturated heterocycles. The molecule has 0 aliphatic carbocycles. The molecule has 5 rings (SSSR count). The maximum Gasteiger partial charge on any atom is 0.196 e. The van der Waals surface area contributed by atoms with Crippen LogP contribution in [0.4, 0.5) is 11.4 Å². The monoisotopic (exact) mass is 419 g/mol. The second kappa shape index (κ2) is 7.42. The largest absolute Gasteiger partial charge is 0.497 e. The van der Waals surface area contributed by atoms with Crippen LogP contribution in [-0.2, 0) is 16.0 Å². The molecule has 2 fully saturated rings. The van der Waals surface area contributed by atoms with Gasteiger partial charge in [0.1, 0.15) is 22.9 Å². The molecule has 0 amide bonds. The summed E-state index contributed by atoms with van der Waals surface area (Å²) in [5.41, 5.74) is 3.69. The van der Waals surface area contributed by atoms with E-state index >= 15 is 0 Å². The van der Waals surface area contributed by atoms with Gasteiger partial charge >= 0.3 is 0 Å². The molecule has 160 valence electrons. The van der Waals surface area contributed by atoms with Crippen molar-refractivity contribution in [2.24, 2.45) is 4.99 Å². The molecule has 7 heteroatoms. The molecular formula is C24H25N3O4. The summed E-state index contributed by atoms with van der Waals surface area (Å²) < 4.78 is 16.7. The van der Waals surface area contributed by atoms with Gasteiger partial charge in [0.05, 0.1) is 32.1 Å². The molecule has 0 aromatic heterocycles. The minimum Gasteiger partial charge on any atom is -0.497 e. The predicted molar refractivity (Wildman–Crippen MR) is 119 cm³/mol. The van der Waals surface area contributed by atoms with Crippen LogP contribution in [-0.4, -0.2) is 51.6 Å². The van der Waals surface area contributed by atoms with Gasteiger partial charge in [-0.25, -0.2) is 0 Å². The number of rotatable bonds is 3. The van der Waals surface area contributed by atoms with Gasteiger partial charge in [0.15, 0.2) is 5.78 Å². The first-order valence-electron chi connectivity index (χ1n) is 10.3. The van der Waals surface area contributed by atoms with E-state index in [1.807, 2.05) is 41.3 Å². The van der Waals surface area contributed by atoms with Crippen molar-refractivity contribution in [3.8, 4) is 11.5 Å². The zero-order valence-corrected chi connectivity index (χ0v) is 17.9. The average molecular weight is 419 g/mol. The fraction of sp³-hybridized carbons (Fsp3) is 0.333. The number of Topliss-reactive ketones (excluding diaryl/α,β-unsaturated/α-hetero) is 1. The van der Waals surface area contributed by atoms with Crippen molar-refractivity contribution >= 4 is 23.0 Å². The van der Waals surface area contributed by atoms with E-state index in [4.69, 9.17) is 14.2 Å². The van der Waals surface area contributed by atoms with Crippen LogP contribution < -0.4 is 19.7 Å². The van der Waals surface area contributed by atoms with Gasteiger partial charge in [0, 0.05) is 56.1 Å². The predicted octanol–water partition coefficient (Wildman–Crippen LogP) is 3.20. The quantitative estimate of drug-likeness (QED) is 0.771. The number of carbonyl (C=O) groups excluding carboxylic acids is 1. The van der Waals surface area contributed by atoms with Crippen molar-refractivity contribution in [2.75, 3.05) is 44.7 Å². The van der Waals surface area contributed by atoms with E-state index in [-0.39, 0.29) is 5.78 Å². The molecule has 3 aliphatic rings. The molecule has 0 radical (unpaired) electrons. The second-order valence-corrected chi connectivity index (χ2v) is 7.93. The van der Waals surface area contributed by atoms with Gasteiger partial charge < -0.3 is 24.4 Å². The van der Waals surface area contributed by atoms with Crippen molar-refractivity contribution < 1.29 is 19.0 Å². The van der Waals surface area contributed by atoms with Gasteiger partial charge in [-0.2, -0.15) is 0 Å². The fourth-order valence-corrected chi connectivity index (χ4v) is 4.78. The molecular weight excluding hydrogens is 394 g/mol. The zero-order chi connectivity index (χ0) is 21.6. The highest BCUT2D eigenvalue weighted by Gasteiger charge is 2.58. The van der Waals surface area contributed by atoms with Crippen LogP contribution in [0.1, 0.15) is 12.0 Å². The van der Waals surface area contributed by atoms with E-state index in [9.17, 15) is 4.79 Å². The standard InChI is InChI=1S/C24H25N3O4/c1-25-23-21(20-10-15-6-4-5-7-19(15)26-20)22(28)24(8-9-31-14-24)27(23)16-11-17(29-2)13-18(12-16)30-3/h4-7,11-13,26H,8-10,14H2,1-3H3. The fourth-order valence-electron chi connectivity index (χ4n) is 4.78. The van der Waals surface area contributed by atoms with Crippen LogP contribution in [0.3, 0.4) is 0 Å². The summed E-state index contributed by atoms with van der Waals surface area (Å²) in [5.74, 6) is 1.99. The Morgan fingerprint density at radius 1 is 1.13 bits per heavy atom. The lowest BCUT2D eigenvalue weighted by atomic mass is 9.90. The molecule has 7 nitrogen and oxygen atoms in total. The first kappa shape index (κ1) is 19.6. The highest BCUT2D eigenvalue weighted by atomic mass is 16.5. The zero-order valence-electron chi connectivity index (χ0n) is 17.9. The summed E-state index contributed by atoms with van der Waals surface area (Å²) in [5, 5.41) is 3.46. The van der Waals surface area contributed by atoms with E-state index in [0.29, 0.717) is 49.0 Å². The van der Waals surface area contributed by atoms with Gasteiger partial charge in [-0.3, -0.25) is 9.79 Å². The van der Waals surface area contributed by atoms with Crippen molar-refractivity contribution in [3.63, 3.8) is 0 Å². The van der Waals surface area contributed by atoms with Gasteiger partial charge in [0.25, 0.3) is 0 Å². The summed E-state index contributed by atoms with van der Waals surface area (Å²) in [6.07, 6.45) is 1.26. The lowest BCUT2D eigenvalue weighted by Gasteiger charge is -2.33. The van der Waals surface area contributed by atoms with Gasteiger partial charge in [-0.1, -0.05) is 18.2 Å². The number of allylic oxidation sites excluding steroid dienone is 1. The summed E-state index contributed by atoms with van der Waals surface area (Å²) >= 11 is 0. The molecule has 1 unspecified atom stereocenters. The number of methoxy groups -OCH3 is 2. The molecule has 3 aliphatic heterocycles. The number of fused-ring (bicyclic) bond motifs is 1. The number of aliphatic imine (C=N–C) groups is 1. The SMILES string of the molecule is CN=C1C(=C2Cc3ccccc3N2)C(=O)C2(CCOC2)N1c1cc(OC)cc(OC)c1. The van der Waals surface area contributed by atoms with Gasteiger partial charge in [-0.05, 0) is 11.6 Å². The summed E-state index contributed by atoms with van der Waals surface area (Å²) in [7, 11) is 4.96. The molecule has 2 aromatic rings. The molecule has 0 bridgehead atoms. The number of hydrogen-bond acceptors (Lipinski definition) is 6. The normalized spacial score (nSPS) is 26.0. The summed E-state index contributed by atoms with van der Waals surface area (Å²) in [6.45, 7) is 0.838. The Kier molecular flexibility index (Phi) is 4.70. The maximum atomic E-state index is 14.0. The number of ketones is 1. The second-order valence-electron chi connectivity index (χ2n) is 7.93. The Balaban J connectivity index is 1.69. The number of ether oxygens (including phenoxy) is 3. The molecule has 31 heavy (non-hydrogen) atoms. The number of carbonyl (C=O) groups is 1. The van der Waals surface area contributed by atoms with E-state index in [1.165, 1.54) is 5.56 Å². The number of para-hydroxylation sites is 1. The molecule has 2 aromatic carbocycles. The van der Waals surface area contributed by atoms with Crippen LogP contribution in [0.2, 0.25) is 0 Å². The van der Waals surface area contributed by atoms with Crippen molar-refractivity contribution in [1.82, 2.24) is 0 Å². The average Bonchev–Trinajstić information content (AvgIpc) is 3.50. The van der Waals surface area contributed by atoms with Crippen LogP contribution in [0.15, 0.2) is 58.7 Å². The summed E-state index contributed by atoms with van der Waals surface area (Å²) in [6, 6.07) is 13.8. The first-order valence-corrected chi connectivity index (χ1v) is 10.3. The Morgan fingerprint density at radius 2 is 1.87 bits per heavy atom. The minimum atomic E-state index is -0.828. The number of anilines is 2. The third-order valence-electron chi connectivity index (χ3n) is 6.29. The van der Waals surface area contributed by atoms with Gasteiger partial charge in [0.2, 0.25) is 0 Å². The maximum absolute atomic E-state index is 14.0. The number of nitrogens with one attached hydrogen (secondary N) is 1. The third-order valence-corrected chi connectivity index (χ3v) is 6.29. The van der Waals surface area contributed by atoms with Crippen LogP contribution in [0.5, 0.6) is 11.5 Å². The molecule has 1 atom stereocenters. The van der Waals surface area contributed by atoms with Crippen molar-refractivity contribution in [2.45, 2.75) is 18.4 Å². The minimum absolute atomic E-state index is 0.0442. The number of amidine groups is 1. The first-order chi connectivity index (χ1) is 15.1. The topological polar surface area (TPSA) is 72.4 Å². The molecule has 1 spiro atoms. The molecule has 3 heterocycles. The lowest BCUT2D eigenvalue weighted by Crippen LogP contribution is -2.50. The van der Waals surface area contributed by atoms with Crippen molar-refractivity contribution in [3.05, 3.63) is 59.3 Å².